The molecule has 3 aromatic carbocycles. The lowest BCUT2D eigenvalue weighted by atomic mass is 9.83. The SMILES string of the molecule is COC(=O)CC(c1ccc(O)c(O)c1)c1c(O)cc(O)c2c1OC(c1ccc(O)c(O)c1)C(O)C2. The van der Waals surface area contributed by atoms with Crippen molar-refractivity contribution >= 4 is 5.97 Å². The Hall–Kier alpha value is -4.31. The summed E-state index contributed by atoms with van der Waals surface area (Å²) in [5.74, 6) is -3.93. The maximum Gasteiger partial charge on any atom is 0.306 e. The van der Waals surface area contributed by atoms with Crippen LogP contribution in [0.15, 0.2) is 42.5 Å². The van der Waals surface area contributed by atoms with E-state index in [1.54, 1.807) is 0 Å². The normalized spacial score (nSPS) is 17.8. The van der Waals surface area contributed by atoms with Crippen LogP contribution in [0.2, 0.25) is 0 Å². The van der Waals surface area contributed by atoms with Gasteiger partial charge < -0.3 is 45.2 Å². The maximum atomic E-state index is 12.3. The molecule has 0 bridgehead atoms. The molecule has 0 saturated carbocycles. The first-order valence-electron chi connectivity index (χ1n) is 10.6. The van der Waals surface area contributed by atoms with Crippen LogP contribution in [-0.2, 0) is 16.0 Å². The molecule has 35 heavy (non-hydrogen) atoms. The summed E-state index contributed by atoms with van der Waals surface area (Å²) in [5.41, 5.74) is 0.928. The summed E-state index contributed by atoms with van der Waals surface area (Å²) in [6.07, 6.45) is -2.60. The fraction of sp³-hybridized carbons (Fsp3) is 0.240. The van der Waals surface area contributed by atoms with Gasteiger partial charge in [-0.1, -0.05) is 12.1 Å². The first-order chi connectivity index (χ1) is 16.6. The van der Waals surface area contributed by atoms with Crippen molar-refractivity contribution in [2.45, 2.75) is 31.0 Å². The number of ether oxygens (including phenoxy) is 2. The summed E-state index contributed by atoms with van der Waals surface area (Å²) in [5, 5.41) is 71.4. The van der Waals surface area contributed by atoms with Crippen molar-refractivity contribution in [1.29, 1.82) is 0 Å². The minimum atomic E-state index is -1.16. The number of aromatic hydroxyl groups is 6. The molecule has 7 N–H and O–H groups in total. The van der Waals surface area contributed by atoms with E-state index in [4.69, 9.17) is 9.47 Å². The van der Waals surface area contributed by atoms with Crippen molar-refractivity contribution in [1.82, 2.24) is 0 Å². The molecular formula is C25H24O10. The molecule has 0 spiro atoms. The van der Waals surface area contributed by atoms with E-state index >= 15 is 0 Å². The molecular weight excluding hydrogens is 460 g/mol. The van der Waals surface area contributed by atoms with Crippen LogP contribution in [0.5, 0.6) is 40.2 Å². The highest BCUT2D eigenvalue weighted by atomic mass is 16.5. The second-order valence-electron chi connectivity index (χ2n) is 8.28. The van der Waals surface area contributed by atoms with Crippen LogP contribution in [0.1, 0.15) is 40.7 Å². The van der Waals surface area contributed by atoms with Gasteiger partial charge in [0.05, 0.1) is 19.6 Å². The van der Waals surface area contributed by atoms with Gasteiger partial charge in [-0.15, -0.1) is 0 Å². The number of phenols is 6. The van der Waals surface area contributed by atoms with Crippen LogP contribution in [0.4, 0.5) is 0 Å². The summed E-state index contributed by atoms with van der Waals surface area (Å²) in [7, 11) is 1.19. The van der Waals surface area contributed by atoms with E-state index in [0.29, 0.717) is 11.1 Å². The number of phenolic OH excluding ortho intramolecular Hbond substituents is 6. The van der Waals surface area contributed by atoms with Gasteiger partial charge in [0.15, 0.2) is 23.0 Å². The molecule has 1 heterocycles. The third kappa shape index (κ3) is 4.43. The topological polar surface area (TPSA) is 177 Å². The summed E-state index contributed by atoms with van der Waals surface area (Å²) in [6.45, 7) is 0. The van der Waals surface area contributed by atoms with Crippen molar-refractivity contribution < 1.29 is 50.0 Å². The van der Waals surface area contributed by atoms with E-state index < -0.39 is 41.3 Å². The number of aliphatic hydroxyl groups excluding tert-OH is 1. The average molecular weight is 484 g/mol. The lowest BCUT2D eigenvalue weighted by Gasteiger charge is -2.34. The van der Waals surface area contributed by atoms with Gasteiger partial charge in [-0.3, -0.25) is 4.79 Å². The third-order valence-corrected chi connectivity index (χ3v) is 6.06. The van der Waals surface area contributed by atoms with E-state index in [1.807, 2.05) is 0 Å². The van der Waals surface area contributed by atoms with E-state index in [0.717, 1.165) is 6.07 Å². The number of fused-ring (bicyclic) bond motifs is 1. The Labute approximate surface area is 199 Å². The second-order valence-corrected chi connectivity index (χ2v) is 8.28. The Morgan fingerprint density at radius 2 is 1.57 bits per heavy atom. The van der Waals surface area contributed by atoms with Gasteiger partial charge in [0.1, 0.15) is 23.4 Å². The van der Waals surface area contributed by atoms with Crippen molar-refractivity contribution in [3.8, 4) is 40.2 Å². The Morgan fingerprint density at radius 3 is 2.20 bits per heavy atom. The smallest absolute Gasteiger partial charge is 0.306 e. The zero-order chi connectivity index (χ0) is 25.4. The molecule has 0 saturated heterocycles. The number of esters is 1. The fourth-order valence-corrected chi connectivity index (χ4v) is 4.28. The second kappa shape index (κ2) is 9.15. The molecule has 4 rings (SSSR count). The molecule has 0 radical (unpaired) electrons. The molecule has 0 fully saturated rings. The number of methoxy groups -OCH3 is 1. The predicted molar refractivity (Wildman–Crippen MR) is 121 cm³/mol. The van der Waals surface area contributed by atoms with E-state index in [-0.39, 0.29) is 47.0 Å². The highest BCUT2D eigenvalue weighted by Crippen LogP contribution is 2.51. The number of benzene rings is 3. The molecule has 3 unspecified atom stereocenters. The Balaban J connectivity index is 1.88. The summed E-state index contributed by atoms with van der Waals surface area (Å²) in [6, 6.07) is 8.88. The van der Waals surface area contributed by atoms with Crippen LogP contribution in [0.3, 0.4) is 0 Å². The third-order valence-electron chi connectivity index (χ3n) is 6.06. The maximum absolute atomic E-state index is 12.3. The lowest BCUT2D eigenvalue weighted by Crippen LogP contribution is -2.31. The van der Waals surface area contributed by atoms with Crippen LogP contribution in [0.25, 0.3) is 0 Å². The minimum absolute atomic E-state index is 0.00633. The van der Waals surface area contributed by atoms with Crippen molar-refractivity contribution in [3.63, 3.8) is 0 Å². The van der Waals surface area contributed by atoms with Gasteiger partial charge in [-0.2, -0.15) is 0 Å². The fourth-order valence-electron chi connectivity index (χ4n) is 4.28. The van der Waals surface area contributed by atoms with Gasteiger partial charge >= 0.3 is 5.97 Å². The molecule has 10 nitrogen and oxygen atoms in total. The monoisotopic (exact) mass is 484 g/mol. The van der Waals surface area contributed by atoms with Gasteiger partial charge in [-0.25, -0.2) is 0 Å². The molecule has 3 aromatic rings. The van der Waals surface area contributed by atoms with E-state index in [1.165, 1.54) is 43.5 Å². The standard InChI is InChI=1S/C25H24O10/c1-34-22(33)9-13(11-2-4-15(26)18(29)6-11)23-20(31)10-17(28)14-8-21(32)24(35-25(14)23)12-3-5-16(27)19(30)7-12/h2-7,10,13,21,24,26-32H,8-9H2,1H3. The number of hydrogen-bond donors (Lipinski definition) is 7. The average Bonchev–Trinajstić information content (AvgIpc) is 2.82. The molecule has 0 aromatic heterocycles. The molecule has 184 valence electrons. The summed E-state index contributed by atoms with van der Waals surface area (Å²) in [4.78, 5) is 12.3. The number of carbonyl (C=O) groups is 1. The number of carbonyl (C=O) groups excluding carboxylic acids is 1. The van der Waals surface area contributed by atoms with Crippen LogP contribution in [0, 0.1) is 0 Å². The van der Waals surface area contributed by atoms with Crippen molar-refractivity contribution in [3.05, 3.63) is 64.7 Å². The lowest BCUT2D eigenvalue weighted by molar-refractivity contribution is -0.140. The number of rotatable bonds is 5. The quantitative estimate of drug-likeness (QED) is 0.210. The zero-order valence-corrected chi connectivity index (χ0v) is 18.5. The minimum Gasteiger partial charge on any atom is -0.507 e. The van der Waals surface area contributed by atoms with Crippen molar-refractivity contribution in [2.24, 2.45) is 0 Å². The van der Waals surface area contributed by atoms with Gasteiger partial charge in [-0.05, 0) is 35.4 Å². The van der Waals surface area contributed by atoms with Crippen LogP contribution in [-0.4, -0.2) is 54.9 Å². The predicted octanol–water partition coefficient (Wildman–Crippen LogP) is 2.65. The summed E-state index contributed by atoms with van der Waals surface area (Å²) < 4.78 is 10.9. The molecule has 10 heteroatoms. The summed E-state index contributed by atoms with van der Waals surface area (Å²) >= 11 is 0. The van der Waals surface area contributed by atoms with Gasteiger partial charge in [0, 0.05) is 29.5 Å². The highest BCUT2D eigenvalue weighted by molar-refractivity contribution is 5.73. The first kappa shape index (κ1) is 23.8. The molecule has 3 atom stereocenters. The van der Waals surface area contributed by atoms with Crippen LogP contribution < -0.4 is 4.74 Å². The molecule has 1 aliphatic heterocycles. The Morgan fingerprint density at radius 1 is 0.914 bits per heavy atom. The van der Waals surface area contributed by atoms with E-state index in [9.17, 15) is 40.5 Å². The first-order valence-corrected chi connectivity index (χ1v) is 10.6. The Kier molecular flexibility index (Phi) is 6.23. The zero-order valence-electron chi connectivity index (χ0n) is 18.5. The van der Waals surface area contributed by atoms with E-state index in [2.05, 4.69) is 0 Å². The van der Waals surface area contributed by atoms with Gasteiger partial charge in [0.2, 0.25) is 0 Å². The van der Waals surface area contributed by atoms with Crippen molar-refractivity contribution in [2.75, 3.05) is 7.11 Å². The molecule has 0 aliphatic carbocycles. The number of hydrogen-bond acceptors (Lipinski definition) is 10. The number of aliphatic hydroxyl groups is 1. The highest BCUT2D eigenvalue weighted by Gasteiger charge is 2.37. The molecule has 0 amide bonds. The van der Waals surface area contributed by atoms with Gasteiger partial charge in [0.25, 0.3) is 0 Å². The Bertz CT molecular complexity index is 1290. The largest absolute Gasteiger partial charge is 0.507 e. The molecule has 1 aliphatic rings. The van der Waals surface area contributed by atoms with Crippen LogP contribution >= 0.6 is 0 Å².